The van der Waals surface area contributed by atoms with Gasteiger partial charge in [-0.3, -0.25) is 9.59 Å². The Hall–Kier alpha value is -2.92. The number of hydrogen-bond acceptors (Lipinski definition) is 4. The Bertz CT molecular complexity index is 995. The maximum absolute atomic E-state index is 12.4. The first-order valence-corrected chi connectivity index (χ1v) is 9.34. The summed E-state index contributed by atoms with van der Waals surface area (Å²) in [4.78, 5) is 24.9. The molecule has 28 heavy (non-hydrogen) atoms. The van der Waals surface area contributed by atoms with Crippen molar-refractivity contribution >= 4 is 23.4 Å². The number of aromatic nitrogens is 2. The molecule has 0 fully saturated rings. The van der Waals surface area contributed by atoms with Crippen LogP contribution in [0.25, 0.3) is 5.69 Å². The molecule has 0 saturated carbocycles. The van der Waals surface area contributed by atoms with Crippen molar-refractivity contribution in [1.29, 1.82) is 0 Å². The predicted octanol–water partition coefficient (Wildman–Crippen LogP) is 4.50. The third-order valence-corrected chi connectivity index (χ3v) is 4.82. The first kappa shape index (κ1) is 19.8. The number of rotatable bonds is 6. The van der Waals surface area contributed by atoms with Gasteiger partial charge in [0.2, 0.25) is 5.78 Å². The molecule has 0 radical (unpaired) electrons. The second-order valence-corrected chi connectivity index (χ2v) is 7.01. The SMILES string of the molecule is Cc1nn(-c2ccccc2)c(C)c1CC(=O)O[C@@H](C)C(=O)c1ccc(Cl)cc1. The number of carbonyl (C=O) groups is 2. The van der Waals surface area contributed by atoms with Gasteiger partial charge >= 0.3 is 5.97 Å². The molecule has 0 unspecified atom stereocenters. The van der Waals surface area contributed by atoms with Crippen molar-refractivity contribution in [2.45, 2.75) is 33.3 Å². The van der Waals surface area contributed by atoms with Crippen LogP contribution in [0, 0.1) is 13.8 Å². The molecular weight excluding hydrogens is 376 g/mol. The van der Waals surface area contributed by atoms with Gasteiger partial charge in [-0.25, -0.2) is 4.68 Å². The molecule has 0 aliphatic carbocycles. The number of para-hydroxylation sites is 1. The summed E-state index contributed by atoms with van der Waals surface area (Å²) in [7, 11) is 0. The number of halogens is 1. The largest absolute Gasteiger partial charge is 0.454 e. The zero-order chi connectivity index (χ0) is 20.3. The van der Waals surface area contributed by atoms with Gasteiger partial charge in [0.15, 0.2) is 6.10 Å². The number of benzene rings is 2. The molecule has 0 bridgehead atoms. The Morgan fingerprint density at radius 2 is 1.71 bits per heavy atom. The Labute approximate surface area is 168 Å². The Morgan fingerprint density at radius 3 is 2.36 bits per heavy atom. The third kappa shape index (κ3) is 4.31. The number of ether oxygens (including phenoxy) is 1. The minimum Gasteiger partial charge on any atom is -0.454 e. The van der Waals surface area contributed by atoms with E-state index in [2.05, 4.69) is 5.10 Å². The van der Waals surface area contributed by atoms with Crippen LogP contribution in [0.4, 0.5) is 0 Å². The van der Waals surface area contributed by atoms with Crippen LogP contribution in [0.1, 0.15) is 34.2 Å². The number of carbonyl (C=O) groups excluding carboxylic acids is 2. The average Bonchev–Trinajstić information content (AvgIpc) is 2.97. The van der Waals surface area contributed by atoms with Crippen molar-refractivity contribution in [2.24, 2.45) is 0 Å². The maximum Gasteiger partial charge on any atom is 0.311 e. The number of hydrogen-bond donors (Lipinski definition) is 0. The Kier molecular flexibility index (Phi) is 5.95. The molecule has 1 atom stereocenters. The highest BCUT2D eigenvalue weighted by Gasteiger charge is 2.22. The van der Waals surface area contributed by atoms with E-state index in [1.54, 1.807) is 35.9 Å². The van der Waals surface area contributed by atoms with Crippen LogP contribution in [0.5, 0.6) is 0 Å². The second-order valence-electron chi connectivity index (χ2n) is 6.58. The van der Waals surface area contributed by atoms with Gasteiger partial charge in [-0.15, -0.1) is 0 Å². The molecule has 2 aromatic carbocycles. The third-order valence-electron chi connectivity index (χ3n) is 4.57. The minimum absolute atomic E-state index is 0.0583. The summed E-state index contributed by atoms with van der Waals surface area (Å²) in [5.74, 6) is -0.730. The molecule has 0 aliphatic rings. The summed E-state index contributed by atoms with van der Waals surface area (Å²) < 4.78 is 7.17. The first-order valence-electron chi connectivity index (χ1n) is 8.96. The van der Waals surface area contributed by atoms with Gasteiger partial charge in [-0.2, -0.15) is 5.10 Å². The van der Waals surface area contributed by atoms with E-state index in [4.69, 9.17) is 16.3 Å². The Morgan fingerprint density at radius 1 is 1.07 bits per heavy atom. The number of esters is 1. The van der Waals surface area contributed by atoms with E-state index in [-0.39, 0.29) is 12.2 Å². The van der Waals surface area contributed by atoms with Gasteiger partial charge in [-0.1, -0.05) is 29.8 Å². The lowest BCUT2D eigenvalue weighted by molar-refractivity contribution is -0.145. The van der Waals surface area contributed by atoms with Gasteiger partial charge in [0.1, 0.15) is 0 Å². The quantitative estimate of drug-likeness (QED) is 0.454. The van der Waals surface area contributed by atoms with Crippen LogP contribution in [0.15, 0.2) is 54.6 Å². The Balaban J connectivity index is 1.70. The van der Waals surface area contributed by atoms with Gasteiger partial charge in [0.05, 0.1) is 17.8 Å². The molecule has 0 spiro atoms. The molecule has 0 amide bonds. The molecule has 6 heteroatoms. The van der Waals surface area contributed by atoms with Crippen molar-refractivity contribution in [2.75, 3.05) is 0 Å². The molecule has 0 saturated heterocycles. The molecule has 3 aromatic rings. The highest BCUT2D eigenvalue weighted by Crippen LogP contribution is 2.19. The monoisotopic (exact) mass is 396 g/mol. The second kappa shape index (κ2) is 8.40. The number of aryl methyl sites for hydroxylation is 1. The van der Waals surface area contributed by atoms with Crippen LogP contribution in [-0.2, 0) is 16.0 Å². The van der Waals surface area contributed by atoms with E-state index >= 15 is 0 Å². The summed E-state index contributed by atoms with van der Waals surface area (Å²) in [5.41, 5.74) is 3.82. The summed E-state index contributed by atoms with van der Waals surface area (Å²) in [6, 6.07) is 16.2. The van der Waals surface area contributed by atoms with Crippen molar-refractivity contribution in [3.63, 3.8) is 0 Å². The average molecular weight is 397 g/mol. The fourth-order valence-corrected chi connectivity index (χ4v) is 3.16. The zero-order valence-electron chi connectivity index (χ0n) is 16.0. The fourth-order valence-electron chi connectivity index (χ4n) is 3.04. The van der Waals surface area contributed by atoms with Crippen LogP contribution in [0.3, 0.4) is 0 Å². The number of ketones is 1. The highest BCUT2D eigenvalue weighted by atomic mass is 35.5. The molecule has 5 nitrogen and oxygen atoms in total. The van der Waals surface area contributed by atoms with Gasteiger partial charge in [0, 0.05) is 21.8 Å². The van der Waals surface area contributed by atoms with E-state index in [0.29, 0.717) is 10.6 Å². The number of nitrogens with zero attached hydrogens (tertiary/aromatic N) is 2. The first-order chi connectivity index (χ1) is 13.4. The molecule has 0 aliphatic heterocycles. The topological polar surface area (TPSA) is 61.2 Å². The summed E-state index contributed by atoms with van der Waals surface area (Å²) in [5, 5.41) is 5.08. The fraction of sp³-hybridized carbons (Fsp3) is 0.227. The van der Waals surface area contributed by atoms with Crippen molar-refractivity contribution < 1.29 is 14.3 Å². The van der Waals surface area contributed by atoms with E-state index in [9.17, 15) is 9.59 Å². The standard InChI is InChI=1S/C22H21ClN2O3/c1-14-20(15(2)25(24-14)19-7-5-4-6-8-19)13-21(26)28-16(3)22(27)17-9-11-18(23)12-10-17/h4-12,16H,13H2,1-3H3/t16-/m0/s1. The van der Waals surface area contributed by atoms with Gasteiger partial charge in [0.25, 0.3) is 0 Å². The van der Waals surface area contributed by atoms with E-state index < -0.39 is 12.1 Å². The van der Waals surface area contributed by atoms with Crippen molar-refractivity contribution in [1.82, 2.24) is 9.78 Å². The van der Waals surface area contributed by atoms with E-state index in [0.717, 1.165) is 22.6 Å². The molecule has 0 N–H and O–H groups in total. The lowest BCUT2D eigenvalue weighted by Gasteiger charge is -2.13. The van der Waals surface area contributed by atoms with Crippen LogP contribution < -0.4 is 0 Å². The lowest BCUT2D eigenvalue weighted by Crippen LogP contribution is -2.25. The summed E-state index contributed by atoms with van der Waals surface area (Å²) in [6.45, 7) is 5.34. The van der Waals surface area contributed by atoms with Crippen molar-refractivity contribution in [3.8, 4) is 5.69 Å². The minimum atomic E-state index is -0.876. The lowest BCUT2D eigenvalue weighted by atomic mass is 10.1. The molecule has 1 heterocycles. The summed E-state index contributed by atoms with van der Waals surface area (Å²) >= 11 is 5.84. The smallest absolute Gasteiger partial charge is 0.311 e. The van der Waals surface area contributed by atoms with Crippen molar-refractivity contribution in [3.05, 3.63) is 82.1 Å². The van der Waals surface area contributed by atoms with Crippen LogP contribution in [-0.4, -0.2) is 27.6 Å². The zero-order valence-corrected chi connectivity index (χ0v) is 16.7. The predicted molar refractivity (Wildman–Crippen MR) is 108 cm³/mol. The summed E-state index contributed by atoms with van der Waals surface area (Å²) in [6.07, 6.45) is -0.818. The van der Waals surface area contributed by atoms with E-state index in [1.807, 2.05) is 44.2 Å². The highest BCUT2D eigenvalue weighted by molar-refractivity contribution is 6.30. The molecule has 144 valence electrons. The molecular formula is C22H21ClN2O3. The van der Waals surface area contributed by atoms with Gasteiger partial charge in [-0.05, 0) is 57.2 Å². The van der Waals surface area contributed by atoms with Crippen LogP contribution >= 0.6 is 11.6 Å². The number of Topliss-reactive ketones (excluding diaryl/α,β-unsaturated/α-hetero) is 1. The molecule has 1 aromatic heterocycles. The maximum atomic E-state index is 12.4. The molecule has 3 rings (SSSR count). The van der Waals surface area contributed by atoms with Gasteiger partial charge < -0.3 is 4.74 Å². The van der Waals surface area contributed by atoms with Crippen LogP contribution in [0.2, 0.25) is 5.02 Å². The van der Waals surface area contributed by atoms with E-state index in [1.165, 1.54) is 0 Å². The normalized spacial score (nSPS) is 11.9.